The average molecular weight is 485 g/mol. The Kier molecular flexibility index (Phi) is 8.06. The summed E-state index contributed by atoms with van der Waals surface area (Å²) in [5.74, 6) is -0.711. The Morgan fingerprint density at radius 2 is 1.97 bits per heavy atom. The van der Waals surface area contributed by atoms with Gasteiger partial charge in [-0.25, -0.2) is 18.2 Å². The molecule has 2 aromatic rings. The number of esters is 1. The summed E-state index contributed by atoms with van der Waals surface area (Å²) >= 11 is 2.42. The molecule has 1 aliphatic rings. The van der Waals surface area contributed by atoms with Crippen LogP contribution in [-0.4, -0.2) is 80.1 Å². The summed E-state index contributed by atoms with van der Waals surface area (Å²) in [5.41, 5.74) is 0.321. The highest BCUT2D eigenvalue weighted by Gasteiger charge is 2.27. The van der Waals surface area contributed by atoms with Crippen molar-refractivity contribution in [1.29, 1.82) is 0 Å². The zero-order valence-corrected chi connectivity index (χ0v) is 19.7. The first-order valence-electron chi connectivity index (χ1n) is 9.63. The standard InChI is InChI=1S/C19H24N4O5S3/c1-3-28-19(25)15-6-11-29-18(15)21-16(24)13-30-17-5-4-14(12-20-17)31(26,27)23-9-7-22(2)8-10-23/h4-6,11-12H,3,7-10,13H2,1-2H3,(H,21,24). The Bertz CT molecular complexity index is 1020. The first-order valence-corrected chi connectivity index (χ1v) is 12.9. The van der Waals surface area contributed by atoms with E-state index < -0.39 is 16.0 Å². The van der Waals surface area contributed by atoms with Gasteiger partial charge < -0.3 is 15.0 Å². The fourth-order valence-electron chi connectivity index (χ4n) is 2.86. The third-order valence-electron chi connectivity index (χ3n) is 4.57. The number of thioether (sulfide) groups is 1. The van der Waals surface area contributed by atoms with Crippen LogP contribution in [0.5, 0.6) is 0 Å². The predicted molar refractivity (Wildman–Crippen MR) is 120 cm³/mol. The highest BCUT2D eigenvalue weighted by molar-refractivity contribution is 7.99. The predicted octanol–water partition coefficient (Wildman–Crippen LogP) is 1.99. The highest BCUT2D eigenvalue weighted by Crippen LogP contribution is 2.25. The van der Waals surface area contributed by atoms with Crippen LogP contribution in [0.3, 0.4) is 0 Å². The van der Waals surface area contributed by atoms with E-state index in [-0.39, 0.29) is 23.2 Å². The van der Waals surface area contributed by atoms with Crippen LogP contribution >= 0.6 is 23.1 Å². The Morgan fingerprint density at radius 3 is 2.61 bits per heavy atom. The van der Waals surface area contributed by atoms with Gasteiger partial charge in [-0.15, -0.1) is 11.3 Å². The van der Waals surface area contributed by atoms with Crippen LogP contribution < -0.4 is 5.32 Å². The normalized spacial score (nSPS) is 15.5. The smallest absolute Gasteiger partial charge is 0.341 e. The molecule has 0 radical (unpaired) electrons. The second kappa shape index (κ2) is 10.6. The van der Waals surface area contributed by atoms with E-state index in [2.05, 4.69) is 15.2 Å². The largest absolute Gasteiger partial charge is 0.462 e. The molecule has 31 heavy (non-hydrogen) atoms. The molecule has 0 saturated carbocycles. The van der Waals surface area contributed by atoms with Crippen molar-refractivity contribution in [2.24, 2.45) is 0 Å². The molecule has 0 atom stereocenters. The van der Waals surface area contributed by atoms with Crippen LogP contribution in [0, 0.1) is 0 Å². The summed E-state index contributed by atoms with van der Waals surface area (Å²) in [5, 5.41) is 5.38. The molecule has 0 bridgehead atoms. The number of likely N-dealkylation sites (N-methyl/N-ethyl adjacent to an activating group) is 1. The summed E-state index contributed by atoms with van der Waals surface area (Å²) in [6, 6.07) is 4.71. The van der Waals surface area contributed by atoms with E-state index in [1.54, 1.807) is 24.4 Å². The number of hydrogen-bond acceptors (Lipinski definition) is 9. The molecular weight excluding hydrogens is 460 g/mol. The van der Waals surface area contributed by atoms with E-state index in [9.17, 15) is 18.0 Å². The third-order valence-corrected chi connectivity index (χ3v) is 8.23. The number of carbonyl (C=O) groups is 2. The monoisotopic (exact) mass is 484 g/mol. The van der Waals surface area contributed by atoms with Crippen molar-refractivity contribution in [1.82, 2.24) is 14.2 Å². The molecular formula is C19H24N4O5S3. The Balaban J connectivity index is 1.55. The average Bonchev–Trinajstić information content (AvgIpc) is 3.21. The highest BCUT2D eigenvalue weighted by atomic mass is 32.2. The lowest BCUT2D eigenvalue weighted by Gasteiger charge is -2.31. The number of aromatic nitrogens is 1. The van der Waals surface area contributed by atoms with Crippen LogP contribution in [0.4, 0.5) is 5.00 Å². The molecule has 3 heterocycles. The quantitative estimate of drug-likeness (QED) is 0.448. The maximum atomic E-state index is 12.7. The van der Waals surface area contributed by atoms with Gasteiger partial charge in [0.25, 0.3) is 0 Å². The molecule has 0 spiro atoms. The van der Waals surface area contributed by atoms with Crippen molar-refractivity contribution in [2.75, 3.05) is 50.9 Å². The van der Waals surface area contributed by atoms with E-state index in [0.29, 0.717) is 41.8 Å². The van der Waals surface area contributed by atoms with Crippen LogP contribution in [0.2, 0.25) is 0 Å². The molecule has 1 amide bonds. The molecule has 1 aliphatic heterocycles. The Morgan fingerprint density at radius 1 is 1.23 bits per heavy atom. The number of hydrogen-bond donors (Lipinski definition) is 1. The second-order valence-electron chi connectivity index (χ2n) is 6.76. The molecule has 1 saturated heterocycles. The van der Waals surface area contributed by atoms with E-state index in [0.717, 1.165) is 0 Å². The number of anilines is 1. The van der Waals surface area contributed by atoms with Gasteiger partial charge >= 0.3 is 5.97 Å². The molecule has 9 nitrogen and oxygen atoms in total. The van der Waals surface area contributed by atoms with Crippen molar-refractivity contribution in [2.45, 2.75) is 16.8 Å². The lowest BCUT2D eigenvalue weighted by atomic mass is 10.3. The molecule has 168 valence electrons. The van der Waals surface area contributed by atoms with Crippen molar-refractivity contribution in [3.63, 3.8) is 0 Å². The van der Waals surface area contributed by atoms with Gasteiger partial charge in [0.05, 0.1) is 22.9 Å². The number of piperazine rings is 1. The van der Waals surface area contributed by atoms with Gasteiger partial charge in [0.2, 0.25) is 15.9 Å². The zero-order chi connectivity index (χ0) is 22.4. The number of ether oxygens (including phenoxy) is 1. The van der Waals surface area contributed by atoms with Crippen molar-refractivity contribution in [3.05, 3.63) is 35.3 Å². The fraction of sp³-hybridized carbons (Fsp3) is 0.421. The topological polar surface area (TPSA) is 109 Å². The maximum absolute atomic E-state index is 12.7. The molecule has 12 heteroatoms. The number of thiophene rings is 1. The number of carbonyl (C=O) groups excluding carboxylic acids is 2. The minimum atomic E-state index is -3.57. The molecule has 3 rings (SSSR count). The Hall–Kier alpha value is -1.99. The first kappa shape index (κ1) is 23.7. The molecule has 1 N–H and O–H groups in total. The minimum absolute atomic E-state index is 0.0672. The molecule has 0 aromatic carbocycles. The summed E-state index contributed by atoms with van der Waals surface area (Å²) < 4.78 is 31.9. The summed E-state index contributed by atoms with van der Waals surface area (Å²) in [4.78, 5) is 30.6. The second-order valence-corrected chi connectivity index (χ2v) is 10.6. The lowest BCUT2D eigenvalue weighted by molar-refractivity contribution is -0.113. The van der Waals surface area contributed by atoms with Gasteiger partial charge in [-0.2, -0.15) is 4.31 Å². The van der Waals surface area contributed by atoms with Crippen molar-refractivity contribution < 1.29 is 22.7 Å². The van der Waals surface area contributed by atoms with Crippen molar-refractivity contribution in [3.8, 4) is 0 Å². The van der Waals surface area contributed by atoms with Gasteiger partial charge in [0.1, 0.15) is 9.90 Å². The van der Waals surface area contributed by atoms with Gasteiger partial charge in [-0.1, -0.05) is 11.8 Å². The fourth-order valence-corrected chi connectivity index (χ4v) is 5.66. The van der Waals surface area contributed by atoms with E-state index in [1.165, 1.54) is 39.7 Å². The summed E-state index contributed by atoms with van der Waals surface area (Å²) in [6.07, 6.45) is 1.33. The lowest BCUT2D eigenvalue weighted by Crippen LogP contribution is -2.47. The summed E-state index contributed by atoms with van der Waals surface area (Å²) in [7, 11) is -1.61. The number of nitrogens with one attached hydrogen (secondary N) is 1. The number of rotatable bonds is 8. The van der Waals surface area contributed by atoms with Crippen LogP contribution in [0.15, 0.2) is 39.7 Å². The Labute approximate surface area is 189 Å². The first-order chi connectivity index (χ1) is 14.8. The summed E-state index contributed by atoms with van der Waals surface area (Å²) in [6.45, 7) is 4.26. The number of amides is 1. The van der Waals surface area contributed by atoms with Gasteiger partial charge in [0.15, 0.2) is 0 Å². The number of nitrogens with zero attached hydrogens (tertiary/aromatic N) is 3. The molecule has 2 aromatic heterocycles. The van der Waals surface area contributed by atoms with E-state index in [4.69, 9.17) is 4.74 Å². The molecule has 0 unspecified atom stereocenters. The van der Waals surface area contributed by atoms with Gasteiger partial charge in [0, 0.05) is 32.4 Å². The van der Waals surface area contributed by atoms with Crippen LogP contribution in [0.25, 0.3) is 0 Å². The third kappa shape index (κ3) is 6.04. The van der Waals surface area contributed by atoms with Gasteiger partial charge in [-0.05, 0) is 37.6 Å². The number of sulfonamides is 1. The molecule has 0 aliphatic carbocycles. The zero-order valence-electron chi connectivity index (χ0n) is 17.2. The minimum Gasteiger partial charge on any atom is -0.462 e. The maximum Gasteiger partial charge on any atom is 0.341 e. The van der Waals surface area contributed by atoms with E-state index in [1.807, 2.05) is 7.05 Å². The molecule has 1 fully saturated rings. The van der Waals surface area contributed by atoms with Crippen molar-refractivity contribution >= 4 is 50.0 Å². The number of pyridine rings is 1. The van der Waals surface area contributed by atoms with Crippen LogP contribution in [-0.2, 0) is 19.6 Å². The van der Waals surface area contributed by atoms with Crippen LogP contribution in [0.1, 0.15) is 17.3 Å². The SMILES string of the molecule is CCOC(=O)c1ccsc1NC(=O)CSc1ccc(S(=O)(=O)N2CCN(C)CC2)cn1. The van der Waals surface area contributed by atoms with Gasteiger partial charge in [-0.3, -0.25) is 4.79 Å². The van der Waals surface area contributed by atoms with E-state index >= 15 is 0 Å².